The molecule has 0 aromatic carbocycles. The van der Waals surface area contributed by atoms with E-state index in [2.05, 4.69) is 17.3 Å². The molecule has 0 amide bonds. The zero-order valence-corrected chi connectivity index (χ0v) is 11.8. The molecule has 0 bridgehead atoms. The summed E-state index contributed by atoms with van der Waals surface area (Å²) in [6.07, 6.45) is 1.12. The molecule has 17 heavy (non-hydrogen) atoms. The molecule has 0 spiro atoms. The molecule has 0 fully saturated rings. The molecular weight excluding hydrogens is 238 g/mol. The summed E-state index contributed by atoms with van der Waals surface area (Å²) in [6.45, 7) is 8.56. The Balaban J connectivity index is 2.77. The summed E-state index contributed by atoms with van der Waals surface area (Å²) in [7, 11) is 1.71. The Kier molecular flexibility index (Phi) is 5.95. The second-order valence-corrected chi connectivity index (χ2v) is 4.62. The first kappa shape index (κ1) is 14.5. The molecule has 1 rings (SSSR count). The van der Waals surface area contributed by atoms with Crippen LogP contribution in [-0.4, -0.2) is 36.6 Å². The van der Waals surface area contributed by atoms with Gasteiger partial charge < -0.3 is 10.1 Å². The van der Waals surface area contributed by atoms with Gasteiger partial charge in [0.25, 0.3) is 0 Å². The van der Waals surface area contributed by atoms with Crippen LogP contribution in [0.4, 0.5) is 0 Å². The molecule has 0 radical (unpaired) electrons. The van der Waals surface area contributed by atoms with Gasteiger partial charge in [-0.15, -0.1) is 0 Å². The van der Waals surface area contributed by atoms with Gasteiger partial charge in [0, 0.05) is 13.7 Å². The fourth-order valence-electron chi connectivity index (χ4n) is 1.85. The summed E-state index contributed by atoms with van der Waals surface area (Å²) in [6, 6.07) is 0.192. The van der Waals surface area contributed by atoms with E-state index in [-0.39, 0.29) is 6.04 Å². The molecule has 1 unspecified atom stereocenters. The van der Waals surface area contributed by atoms with Gasteiger partial charge in [0.05, 0.1) is 29.1 Å². The Bertz CT molecular complexity index is 352. The Morgan fingerprint density at radius 3 is 2.65 bits per heavy atom. The van der Waals surface area contributed by atoms with E-state index in [4.69, 9.17) is 16.3 Å². The Labute approximate surface area is 108 Å². The molecule has 0 saturated heterocycles. The second kappa shape index (κ2) is 6.99. The molecule has 1 aromatic heterocycles. The molecule has 4 nitrogen and oxygen atoms in total. The quantitative estimate of drug-likeness (QED) is 0.764. The van der Waals surface area contributed by atoms with Crippen molar-refractivity contribution in [3.8, 4) is 0 Å². The van der Waals surface area contributed by atoms with E-state index in [0.717, 1.165) is 35.9 Å². The number of aryl methyl sites for hydroxylation is 1. The second-order valence-electron chi connectivity index (χ2n) is 4.24. The van der Waals surface area contributed by atoms with Gasteiger partial charge in [0.1, 0.15) is 0 Å². The van der Waals surface area contributed by atoms with Crippen molar-refractivity contribution in [2.45, 2.75) is 33.2 Å². The normalized spacial score (nSPS) is 13.0. The van der Waals surface area contributed by atoms with Crippen molar-refractivity contribution < 1.29 is 4.74 Å². The van der Waals surface area contributed by atoms with Gasteiger partial charge >= 0.3 is 0 Å². The maximum Gasteiger partial charge on any atom is 0.0880 e. The van der Waals surface area contributed by atoms with Gasteiger partial charge in [-0.3, -0.25) is 4.68 Å². The fraction of sp³-hybridized carbons (Fsp3) is 0.750. The van der Waals surface area contributed by atoms with Gasteiger partial charge in [-0.05, 0) is 26.8 Å². The predicted octanol–water partition coefficient (Wildman–Crippen LogP) is 2.34. The lowest BCUT2D eigenvalue weighted by molar-refractivity contribution is 0.147. The lowest BCUT2D eigenvalue weighted by Crippen LogP contribution is -2.30. The van der Waals surface area contributed by atoms with E-state index in [1.165, 1.54) is 0 Å². The highest BCUT2D eigenvalue weighted by Gasteiger charge is 2.17. The van der Waals surface area contributed by atoms with Crippen LogP contribution in [0.25, 0.3) is 0 Å². The van der Waals surface area contributed by atoms with Crippen LogP contribution in [0.1, 0.15) is 30.8 Å². The van der Waals surface area contributed by atoms with Crippen molar-refractivity contribution in [2.75, 3.05) is 26.8 Å². The van der Waals surface area contributed by atoms with E-state index in [1.807, 2.05) is 18.5 Å². The van der Waals surface area contributed by atoms with Crippen molar-refractivity contribution in [3.05, 3.63) is 16.4 Å². The van der Waals surface area contributed by atoms with Crippen LogP contribution in [0, 0.1) is 13.8 Å². The number of hydrogen-bond acceptors (Lipinski definition) is 3. The van der Waals surface area contributed by atoms with E-state index in [9.17, 15) is 0 Å². The van der Waals surface area contributed by atoms with Crippen molar-refractivity contribution in [1.29, 1.82) is 0 Å². The van der Waals surface area contributed by atoms with E-state index < -0.39 is 0 Å². The van der Waals surface area contributed by atoms with Crippen LogP contribution in [0.5, 0.6) is 0 Å². The number of hydrogen-bond donors (Lipinski definition) is 1. The molecule has 0 saturated carbocycles. The van der Waals surface area contributed by atoms with Crippen LogP contribution in [-0.2, 0) is 4.74 Å². The summed E-state index contributed by atoms with van der Waals surface area (Å²) < 4.78 is 7.21. The smallest absolute Gasteiger partial charge is 0.0880 e. The zero-order chi connectivity index (χ0) is 12.8. The monoisotopic (exact) mass is 259 g/mol. The SMILES string of the molecule is CCCNCC(COC)n1nc(C)c(Cl)c1C. The van der Waals surface area contributed by atoms with E-state index in [0.29, 0.717) is 6.61 Å². The topological polar surface area (TPSA) is 39.1 Å². The van der Waals surface area contributed by atoms with Gasteiger partial charge in [0.15, 0.2) is 0 Å². The van der Waals surface area contributed by atoms with Crippen molar-refractivity contribution in [3.63, 3.8) is 0 Å². The summed E-state index contributed by atoms with van der Waals surface area (Å²) in [5.74, 6) is 0. The van der Waals surface area contributed by atoms with Crippen LogP contribution < -0.4 is 5.32 Å². The summed E-state index contributed by atoms with van der Waals surface area (Å²) >= 11 is 6.16. The number of ether oxygens (including phenoxy) is 1. The van der Waals surface area contributed by atoms with Crippen LogP contribution in [0.3, 0.4) is 0 Å². The lowest BCUT2D eigenvalue weighted by atomic mass is 10.3. The van der Waals surface area contributed by atoms with Crippen molar-refractivity contribution >= 4 is 11.6 Å². The number of halogens is 1. The summed E-state index contributed by atoms with van der Waals surface area (Å²) in [4.78, 5) is 0. The first-order valence-electron chi connectivity index (χ1n) is 6.02. The number of aromatic nitrogens is 2. The molecule has 0 aliphatic carbocycles. The number of nitrogens with zero attached hydrogens (tertiary/aromatic N) is 2. The van der Waals surface area contributed by atoms with E-state index >= 15 is 0 Å². The molecule has 0 aliphatic heterocycles. The van der Waals surface area contributed by atoms with Gasteiger partial charge in [-0.2, -0.15) is 5.10 Å². The number of nitrogens with one attached hydrogen (secondary N) is 1. The third kappa shape index (κ3) is 3.69. The third-order valence-electron chi connectivity index (χ3n) is 2.75. The minimum Gasteiger partial charge on any atom is -0.382 e. The van der Waals surface area contributed by atoms with Crippen molar-refractivity contribution in [2.24, 2.45) is 0 Å². The van der Waals surface area contributed by atoms with Crippen LogP contribution >= 0.6 is 11.6 Å². The van der Waals surface area contributed by atoms with Gasteiger partial charge in [-0.25, -0.2) is 0 Å². The maximum atomic E-state index is 6.16. The molecule has 0 aliphatic rings. The number of rotatable bonds is 7. The average molecular weight is 260 g/mol. The average Bonchev–Trinajstić information content (AvgIpc) is 2.56. The van der Waals surface area contributed by atoms with Gasteiger partial charge in [-0.1, -0.05) is 18.5 Å². The Morgan fingerprint density at radius 1 is 1.47 bits per heavy atom. The van der Waals surface area contributed by atoms with E-state index in [1.54, 1.807) is 7.11 Å². The van der Waals surface area contributed by atoms with Gasteiger partial charge in [0.2, 0.25) is 0 Å². The minimum absolute atomic E-state index is 0.192. The molecular formula is C12H22ClN3O. The molecule has 1 aromatic rings. The summed E-state index contributed by atoms with van der Waals surface area (Å²) in [5.41, 5.74) is 1.88. The number of methoxy groups -OCH3 is 1. The Hall–Kier alpha value is -0.580. The first-order chi connectivity index (χ1) is 8.11. The summed E-state index contributed by atoms with van der Waals surface area (Å²) in [5, 5.41) is 8.61. The molecule has 1 N–H and O–H groups in total. The molecule has 98 valence electrons. The largest absolute Gasteiger partial charge is 0.382 e. The third-order valence-corrected chi connectivity index (χ3v) is 3.30. The predicted molar refractivity (Wildman–Crippen MR) is 70.8 cm³/mol. The van der Waals surface area contributed by atoms with Crippen molar-refractivity contribution in [1.82, 2.24) is 15.1 Å². The Morgan fingerprint density at radius 2 is 2.18 bits per heavy atom. The first-order valence-corrected chi connectivity index (χ1v) is 6.40. The molecule has 1 atom stereocenters. The molecule has 1 heterocycles. The maximum absolute atomic E-state index is 6.16. The highest BCUT2D eigenvalue weighted by molar-refractivity contribution is 6.31. The fourth-order valence-corrected chi connectivity index (χ4v) is 1.98. The van der Waals surface area contributed by atoms with Crippen LogP contribution in [0.2, 0.25) is 5.02 Å². The molecule has 5 heteroatoms. The minimum atomic E-state index is 0.192. The highest BCUT2D eigenvalue weighted by Crippen LogP contribution is 2.22. The lowest BCUT2D eigenvalue weighted by Gasteiger charge is -2.19. The standard InChI is InChI=1S/C12H22ClN3O/c1-5-6-14-7-11(8-17-4)16-10(3)12(13)9(2)15-16/h11,14H,5-8H2,1-4H3. The van der Waals surface area contributed by atoms with Crippen LogP contribution in [0.15, 0.2) is 0 Å². The highest BCUT2D eigenvalue weighted by atomic mass is 35.5. The zero-order valence-electron chi connectivity index (χ0n) is 11.1.